The van der Waals surface area contributed by atoms with Crippen LogP contribution >= 0.6 is 0 Å². The highest BCUT2D eigenvalue weighted by Gasteiger charge is 2.35. The van der Waals surface area contributed by atoms with Gasteiger partial charge in [-0.25, -0.2) is 0 Å². The summed E-state index contributed by atoms with van der Waals surface area (Å²) in [7, 11) is 0. The molecule has 23 heavy (non-hydrogen) atoms. The highest BCUT2D eigenvalue weighted by molar-refractivity contribution is 5.97. The Morgan fingerprint density at radius 3 is 2.83 bits per heavy atom. The number of likely N-dealkylation sites (tertiary alicyclic amines) is 1. The second-order valence-corrected chi connectivity index (χ2v) is 5.07. The van der Waals surface area contributed by atoms with Gasteiger partial charge in [0.05, 0.1) is 5.56 Å². The minimum absolute atomic E-state index is 0.0894. The van der Waals surface area contributed by atoms with Crippen molar-refractivity contribution < 1.29 is 27.2 Å². The number of aromatic nitrogens is 2. The molecule has 2 heterocycles. The summed E-state index contributed by atoms with van der Waals surface area (Å²) in [4.78, 5) is 17.9. The molecular weight excluding hydrogens is 315 g/mol. The van der Waals surface area contributed by atoms with Crippen molar-refractivity contribution in [1.82, 2.24) is 15.0 Å². The van der Waals surface area contributed by atoms with E-state index in [0.29, 0.717) is 25.3 Å². The van der Waals surface area contributed by atoms with Crippen LogP contribution in [0.5, 0.6) is 5.75 Å². The van der Waals surface area contributed by atoms with Gasteiger partial charge in [0.2, 0.25) is 6.39 Å². The number of hydrogen-bond donors (Lipinski definition) is 0. The Bertz CT molecular complexity index is 688. The smallest absolute Gasteiger partial charge is 0.405 e. The normalized spacial score (nSPS) is 18.2. The van der Waals surface area contributed by atoms with Crippen molar-refractivity contribution in [3.8, 4) is 5.75 Å². The third kappa shape index (κ3) is 3.43. The average Bonchev–Trinajstić information content (AvgIpc) is 3.16. The van der Waals surface area contributed by atoms with Gasteiger partial charge in [-0.05, 0) is 18.6 Å². The maximum atomic E-state index is 12.5. The first-order valence-electron chi connectivity index (χ1n) is 6.84. The molecule has 1 aromatic carbocycles. The molecule has 0 N–H and O–H groups in total. The third-order valence-corrected chi connectivity index (χ3v) is 3.56. The summed E-state index contributed by atoms with van der Waals surface area (Å²) >= 11 is 0. The predicted octanol–water partition coefficient (Wildman–Crippen LogP) is 2.60. The Kier molecular flexibility index (Phi) is 3.93. The number of hydrogen-bond acceptors (Lipinski definition) is 5. The molecule has 1 unspecified atom stereocenters. The van der Waals surface area contributed by atoms with Crippen LogP contribution in [0.2, 0.25) is 0 Å². The van der Waals surface area contributed by atoms with Gasteiger partial charge in [-0.1, -0.05) is 17.3 Å². The molecule has 2 aromatic rings. The number of ether oxygens (including phenoxy) is 1. The minimum Gasteiger partial charge on any atom is -0.405 e. The minimum atomic E-state index is -4.85. The number of carbonyl (C=O) groups is 1. The van der Waals surface area contributed by atoms with Gasteiger partial charge in [0.15, 0.2) is 5.82 Å². The van der Waals surface area contributed by atoms with Crippen LogP contribution in [0.25, 0.3) is 0 Å². The molecule has 1 aromatic heterocycles. The number of alkyl halides is 3. The summed E-state index contributed by atoms with van der Waals surface area (Å²) in [5.41, 5.74) is -0.126. The lowest BCUT2D eigenvalue weighted by Gasteiger charge is -2.18. The van der Waals surface area contributed by atoms with Crippen molar-refractivity contribution in [3.63, 3.8) is 0 Å². The van der Waals surface area contributed by atoms with E-state index in [0.717, 1.165) is 6.07 Å². The molecule has 0 bridgehead atoms. The summed E-state index contributed by atoms with van der Waals surface area (Å²) in [5.74, 6) is -0.627. The van der Waals surface area contributed by atoms with Crippen LogP contribution in [0, 0.1) is 0 Å². The van der Waals surface area contributed by atoms with E-state index in [1.807, 2.05) is 0 Å². The molecule has 0 spiro atoms. The highest BCUT2D eigenvalue weighted by Crippen LogP contribution is 2.30. The fraction of sp³-hybridized carbons (Fsp3) is 0.357. The van der Waals surface area contributed by atoms with E-state index in [9.17, 15) is 18.0 Å². The SMILES string of the molecule is O=C(c1ccccc1OC(F)(F)F)N1CCC(c2ncon2)C1. The summed E-state index contributed by atoms with van der Waals surface area (Å²) in [6, 6.07) is 5.30. The van der Waals surface area contributed by atoms with Gasteiger partial charge >= 0.3 is 6.36 Å². The van der Waals surface area contributed by atoms with Crippen molar-refractivity contribution in [2.45, 2.75) is 18.7 Å². The lowest BCUT2D eigenvalue weighted by atomic mass is 10.1. The number of carbonyl (C=O) groups excluding carboxylic acids is 1. The molecule has 0 radical (unpaired) electrons. The van der Waals surface area contributed by atoms with Crippen LogP contribution in [-0.2, 0) is 0 Å². The summed E-state index contributed by atoms with van der Waals surface area (Å²) in [5, 5.41) is 3.73. The van der Waals surface area contributed by atoms with E-state index in [1.165, 1.54) is 29.5 Å². The van der Waals surface area contributed by atoms with Crippen LogP contribution < -0.4 is 4.74 Å². The number of para-hydroxylation sites is 1. The Morgan fingerprint density at radius 2 is 2.13 bits per heavy atom. The molecule has 1 saturated heterocycles. The first-order valence-corrected chi connectivity index (χ1v) is 6.84. The first-order chi connectivity index (χ1) is 10.9. The van der Waals surface area contributed by atoms with Crippen molar-refractivity contribution in [2.75, 3.05) is 13.1 Å². The Hall–Kier alpha value is -2.58. The Balaban J connectivity index is 1.76. The van der Waals surface area contributed by atoms with Crippen molar-refractivity contribution >= 4 is 5.91 Å². The summed E-state index contributed by atoms with van der Waals surface area (Å²) < 4.78 is 45.9. The van der Waals surface area contributed by atoms with E-state index >= 15 is 0 Å². The average molecular weight is 327 g/mol. The second kappa shape index (κ2) is 5.90. The number of benzene rings is 1. The monoisotopic (exact) mass is 327 g/mol. The molecule has 0 aliphatic carbocycles. The van der Waals surface area contributed by atoms with Gasteiger partial charge in [-0.3, -0.25) is 4.79 Å². The molecule has 3 rings (SSSR count). The van der Waals surface area contributed by atoms with Gasteiger partial charge in [0, 0.05) is 19.0 Å². The zero-order valence-electron chi connectivity index (χ0n) is 11.8. The molecule has 122 valence electrons. The molecule has 1 atom stereocenters. The Labute approximate surface area is 128 Å². The standard InChI is InChI=1S/C14H12F3N3O3/c15-14(16,17)23-11-4-2-1-3-10(11)13(21)20-6-5-9(7-20)12-18-8-22-19-12/h1-4,8-9H,5-7H2. The topological polar surface area (TPSA) is 68.5 Å². The zero-order valence-corrected chi connectivity index (χ0v) is 11.8. The largest absolute Gasteiger partial charge is 0.573 e. The predicted molar refractivity (Wildman–Crippen MR) is 70.7 cm³/mol. The van der Waals surface area contributed by atoms with E-state index in [1.54, 1.807) is 0 Å². The summed E-state index contributed by atoms with van der Waals surface area (Å²) in [6.45, 7) is 0.719. The fourth-order valence-electron chi connectivity index (χ4n) is 2.54. The highest BCUT2D eigenvalue weighted by atomic mass is 19.4. The van der Waals surface area contributed by atoms with Crippen LogP contribution in [0.1, 0.15) is 28.5 Å². The third-order valence-electron chi connectivity index (χ3n) is 3.56. The quantitative estimate of drug-likeness (QED) is 0.867. The van der Waals surface area contributed by atoms with E-state index < -0.39 is 18.0 Å². The van der Waals surface area contributed by atoms with Gasteiger partial charge in [-0.15, -0.1) is 13.2 Å². The number of halogens is 3. The number of nitrogens with zero attached hydrogens (tertiary/aromatic N) is 3. The molecule has 1 amide bonds. The van der Waals surface area contributed by atoms with Crippen LogP contribution in [0.15, 0.2) is 35.2 Å². The van der Waals surface area contributed by atoms with E-state index in [2.05, 4.69) is 19.4 Å². The van der Waals surface area contributed by atoms with Crippen LogP contribution in [0.3, 0.4) is 0 Å². The zero-order chi connectivity index (χ0) is 16.4. The van der Waals surface area contributed by atoms with Gasteiger partial charge in [0.1, 0.15) is 5.75 Å². The number of amides is 1. The van der Waals surface area contributed by atoms with Gasteiger partial charge < -0.3 is 14.2 Å². The lowest BCUT2D eigenvalue weighted by Crippen LogP contribution is -2.29. The van der Waals surface area contributed by atoms with E-state index in [-0.39, 0.29) is 11.5 Å². The fourth-order valence-corrected chi connectivity index (χ4v) is 2.54. The maximum absolute atomic E-state index is 12.5. The van der Waals surface area contributed by atoms with Crippen LogP contribution in [0.4, 0.5) is 13.2 Å². The molecule has 1 fully saturated rings. The summed E-state index contributed by atoms with van der Waals surface area (Å²) in [6.07, 6.45) is -3.03. The van der Waals surface area contributed by atoms with Gasteiger partial charge in [0.25, 0.3) is 5.91 Å². The van der Waals surface area contributed by atoms with E-state index in [4.69, 9.17) is 0 Å². The molecule has 0 saturated carbocycles. The first kappa shape index (κ1) is 15.3. The van der Waals surface area contributed by atoms with Crippen molar-refractivity contribution in [3.05, 3.63) is 42.0 Å². The number of rotatable bonds is 3. The maximum Gasteiger partial charge on any atom is 0.573 e. The van der Waals surface area contributed by atoms with Gasteiger partial charge in [-0.2, -0.15) is 4.98 Å². The second-order valence-electron chi connectivity index (χ2n) is 5.07. The van der Waals surface area contributed by atoms with Crippen LogP contribution in [-0.4, -0.2) is 40.4 Å². The Morgan fingerprint density at radius 1 is 1.35 bits per heavy atom. The molecule has 9 heteroatoms. The molecular formula is C14H12F3N3O3. The lowest BCUT2D eigenvalue weighted by molar-refractivity contribution is -0.274. The molecule has 1 aliphatic heterocycles. The van der Waals surface area contributed by atoms with Crippen molar-refractivity contribution in [2.24, 2.45) is 0 Å². The molecule has 6 nitrogen and oxygen atoms in total. The van der Waals surface area contributed by atoms with Crippen molar-refractivity contribution in [1.29, 1.82) is 0 Å². The molecule has 1 aliphatic rings.